The number of hydrogen-bond acceptors (Lipinski definition) is 5. The van der Waals surface area contributed by atoms with Crippen molar-refractivity contribution in [1.29, 1.82) is 0 Å². The fraction of sp³-hybridized carbons (Fsp3) is 0.333. The number of methoxy groups -OCH3 is 1. The highest BCUT2D eigenvalue weighted by atomic mass is 32.2. The van der Waals surface area contributed by atoms with E-state index in [1.165, 1.54) is 24.1 Å². The number of sulfonamides is 1. The van der Waals surface area contributed by atoms with Crippen LogP contribution in [0.4, 0.5) is 5.69 Å². The summed E-state index contributed by atoms with van der Waals surface area (Å²) >= 11 is 0. The van der Waals surface area contributed by atoms with Gasteiger partial charge in [0.2, 0.25) is 11.8 Å². The minimum absolute atomic E-state index is 0.0257. The van der Waals surface area contributed by atoms with E-state index in [1.807, 2.05) is 45.0 Å². The van der Waals surface area contributed by atoms with Gasteiger partial charge < -0.3 is 15.0 Å². The number of para-hydroxylation sites is 1. The van der Waals surface area contributed by atoms with Gasteiger partial charge in [-0.15, -0.1) is 0 Å². The van der Waals surface area contributed by atoms with Crippen LogP contribution in [0.5, 0.6) is 5.75 Å². The van der Waals surface area contributed by atoms with Gasteiger partial charge in [0, 0.05) is 13.1 Å². The first-order valence-corrected chi connectivity index (χ1v) is 14.5. The van der Waals surface area contributed by atoms with Crippen molar-refractivity contribution in [2.45, 2.75) is 51.1 Å². The number of nitrogens with zero attached hydrogens (tertiary/aromatic N) is 2. The number of rotatable bonds is 13. The molecular formula is C30H37N3O5S. The van der Waals surface area contributed by atoms with Gasteiger partial charge in [-0.05, 0) is 61.7 Å². The van der Waals surface area contributed by atoms with Crippen LogP contribution in [-0.4, -0.2) is 51.4 Å². The highest BCUT2D eigenvalue weighted by Gasteiger charge is 2.33. The summed E-state index contributed by atoms with van der Waals surface area (Å²) in [7, 11) is -2.62. The third kappa shape index (κ3) is 7.60. The molecule has 0 unspecified atom stereocenters. The van der Waals surface area contributed by atoms with Crippen LogP contribution in [0.1, 0.15) is 37.8 Å². The van der Waals surface area contributed by atoms with Crippen LogP contribution in [0.25, 0.3) is 0 Å². The van der Waals surface area contributed by atoms with E-state index in [4.69, 9.17) is 4.74 Å². The third-order valence-corrected chi connectivity index (χ3v) is 8.17. The van der Waals surface area contributed by atoms with Gasteiger partial charge in [0.05, 0.1) is 17.7 Å². The van der Waals surface area contributed by atoms with Crippen molar-refractivity contribution < 1.29 is 22.7 Å². The molecule has 0 heterocycles. The van der Waals surface area contributed by atoms with Crippen molar-refractivity contribution in [2.24, 2.45) is 0 Å². The number of anilines is 1. The molecule has 0 bridgehead atoms. The Hall–Kier alpha value is -3.85. The smallest absolute Gasteiger partial charge is 0.264 e. The van der Waals surface area contributed by atoms with Crippen molar-refractivity contribution >= 4 is 27.5 Å². The molecule has 0 aliphatic carbocycles. The first-order valence-electron chi connectivity index (χ1n) is 13.1. The lowest BCUT2D eigenvalue weighted by Crippen LogP contribution is -2.52. The quantitative estimate of drug-likeness (QED) is 0.337. The second kappa shape index (κ2) is 13.8. The van der Waals surface area contributed by atoms with E-state index in [-0.39, 0.29) is 17.3 Å². The highest BCUT2D eigenvalue weighted by molar-refractivity contribution is 7.92. The normalized spacial score (nSPS) is 11.9. The van der Waals surface area contributed by atoms with Crippen molar-refractivity contribution in [1.82, 2.24) is 10.2 Å². The number of amides is 2. The molecule has 208 valence electrons. The molecule has 0 saturated carbocycles. The van der Waals surface area contributed by atoms with E-state index >= 15 is 0 Å². The summed E-state index contributed by atoms with van der Waals surface area (Å²) < 4.78 is 33.9. The monoisotopic (exact) mass is 551 g/mol. The lowest BCUT2D eigenvalue weighted by molar-refractivity contribution is -0.140. The molecule has 0 aromatic heterocycles. The van der Waals surface area contributed by atoms with Gasteiger partial charge in [-0.2, -0.15) is 0 Å². The molecule has 1 N–H and O–H groups in total. The molecule has 9 heteroatoms. The predicted molar refractivity (Wildman–Crippen MR) is 153 cm³/mol. The molecule has 1 atom stereocenters. The SMILES string of the molecule is CCCNC(=O)[C@@H](CC)N(Cc1ccc(C)cc1)C(=O)CN(c1ccccc1)S(=O)(=O)c1ccc(OC)cc1. The Morgan fingerprint density at radius 3 is 2.13 bits per heavy atom. The Balaban J connectivity index is 2.01. The maximum atomic E-state index is 14.0. The fourth-order valence-electron chi connectivity index (χ4n) is 4.17. The van der Waals surface area contributed by atoms with Crippen LogP contribution >= 0.6 is 0 Å². The predicted octanol–water partition coefficient (Wildman–Crippen LogP) is 4.53. The summed E-state index contributed by atoms with van der Waals surface area (Å²) in [5, 5.41) is 2.89. The molecule has 8 nitrogen and oxygen atoms in total. The Morgan fingerprint density at radius 1 is 0.923 bits per heavy atom. The fourth-order valence-corrected chi connectivity index (χ4v) is 5.59. The van der Waals surface area contributed by atoms with Crippen molar-refractivity contribution in [3.8, 4) is 5.75 Å². The topological polar surface area (TPSA) is 96.0 Å². The number of aryl methyl sites for hydroxylation is 1. The molecule has 3 aromatic rings. The second-order valence-corrected chi connectivity index (χ2v) is 11.1. The van der Waals surface area contributed by atoms with E-state index in [2.05, 4.69) is 5.32 Å². The lowest BCUT2D eigenvalue weighted by Gasteiger charge is -2.33. The van der Waals surface area contributed by atoms with E-state index in [0.717, 1.165) is 21.9 Å². The summed E-state index contributed by atoms with van der Waals surface area (Å²) in [6, 6.07) is 21.5. The number of carbonyl (C=O) groups excluding carboxylic acids is 2. The summed E-state index contributed by atoms with van der Waals surface area (Å²) in [6.45, 7) is 5.96. The Morgan fingerprint density at radius 2 is 1.56 bits per heavy atom. The summed E-state index contributed by atoms with van der Waals surface area (Å²) in [4.78, 5) is 28.6. The molecular weight excluding hydrogens is 514 g/mol. The summed E-state index contributed by atoms with van der Waals surface area (Å²) in [5.74, 6) is -0.219. The molecule has 0 spiro atoms. The van der Waals surface area contributed by atoms with Crippen LogP contribution in [0.15, 0.2) is 83.8 Å². The van der Waals surface area contributed by atoms with Gasteiger partial charge in [0.15, 0.2) is 0 Å². The Labute approximate surface area is 231 Å². The van der Waals surface area contributed by atoms with E-state index < -0.39 is 28.5 Å². The molecule has 0 aliphatic heterocycles. The highest BCUT2D eigenvalue weighted by Crippen LogP contribution is 2.26. The number of nitrogens with one attached hydrogen (secondary N) is 1. The standard InChI is InChI=1S/C30H37N3O5S/c1-5-20-31-30(35)28(6-2)32(21-24-14-12-23(3)13-15-24)29(34)22-33(25-10-8-7-9-11-25)39(36,37)27-18-16-26(38-4)17-19-27/h7-19,28H,5-6,20-22H2,1-4H3,(H,31,35)/t28-/m1/s1. The average Bonchev–Trinajstić information content (AvgIpc) is 2.95. The van der Waals surface area contributed by atoms with E-state index in [9.17, 15) is 18.0 Å². The molecule has 0 aliphatic rings. The van der Waals surface area contributed by atoms with Crippen molar-refractivity contribution in [3.63, 3.8) is 0 Å². The number of carbonyl (C=O) groups is 2. The molecule has 3 rings (SSSR count). The minimum Gasteiger partial charge on any atom is -0.497 e. The first-order chi connectivity index (χ1) is 18.7. The van der Waals surface area contributed by atoms with Crippen LogP contribution in [0, 0.1) is 6.92 Å². The van der Waals surface area contributed by atoms with Crippen molar-refractivity contribution in [3.05, 3.63) is 90.0 Å². The van der Waals surface area contributed by atoms with Gasteiger partial charge in [0.1, 0.15) is 18.3 Å². The number of benzene rings is 3. The summed E-state index contributed by atoms with van der Waals surface area (Å²) in [6.07, 6.45) is 1.14. The number of ether oxygens (including phenoxy) is 1. The van der Waals surface area contributed by atoms with E-state index in [1.54, 1.807) is 42.5 Å². The lowest BCUT2D eigenvalue weighted by atomic mass is 10.1. The van der Waals surface area contributed by atoms with Crippen LogP contribution in [0.2, 0.25) is 0 Å². The Kier molecular flexibility index (Phi) is 10.5. The molecule has 3 aromatic carbocycles. The van der Waals surface area contributed by atoms with E-state index in [0.29, 0.717) is 24.4 Å². The molecule has 39 heavy (non-hydrogen) atoms. The van der Waals surface area contributed by atoms with Crippen LogP contribution in [-0.2, 0) is 26.2 Å². The molecule has 0 saturated heterocycles. The summed E-state index contributed by atoms with van der Waals surface area (Å²) in [5.41, 5.74) is 2.27. The maximum absolute atomic E-state index is 14.0. The Bertz CT molecular complexity index is 1330. The van der Waals surface area contributed by atoms with Gasteiger partial charge in [-0.1, -0.05) is 61.9 Å². The maximum Gasteiger partial charge on any atom is 0.264 e. The minimum atomic E-state index is -4.12. The zero-order valence-electron chi connectivity index (χ0n) is 23.0. The number of hydrogen-bond donors (Lipinski definition) is 1. The average molecular weight is 552 g/mol. The molecule has 0 radical (unpaired) electrons. The zero-order chi connectivity index (χ0) is 28.4. The molecule has 2 amide bonds. The first kappa shape index (κ1) is 29.7. The zero-order valence-corrected chi connectivity index (χ0v) is 23.8. The largest absolute Gasteiger partial charge is 0.497 e. The van der Waals surface area contributed by atoms with Gasteiger partial charge in [-0.25, -0.2) is 8.42 Å². The van der Waals surface area contributed by atoms with Gasteiger partial charge in [0.25, 0.3) is 10.0 Å². The van der Waals surface area contributed by atoms with Gasteiger partial charge >= 0.3 is 0 Å². The second-order valence-electron chi connectivity index (χ2n) is 9.25. The van der Waals surface area contributed by atoms with Crippen LogP contribution < -0.4 is 14.4 Å². The van der Waals surface area contributed by atoms with Crippen molar-refractivity contribution in [2.75, 3.05) is 24.5 Å². The molecule has 0 fully saturated rings. The van der Waals surface area contributed by atoms with Gasteiger partial charge in [-0.3, -0.25) is 13.9 Å². The third-order valence-electron chi connectivity index (χ3n) is 6.38. The van der Waals surface area contributed by atoms with Crippen LogP contribution in [0.3, 0.4) is 0 Å².